The van der Waals surface area contributed by atoms with Gasteiger partial charge in [0.25, 0.3) is 0 Å². The molecule has 0 radical (unpaired) electrons. The molecule has 0 saturated heterocycles. The minimum Gasteiger partial charge on any atom is -0.346 e. The Hall–Kier alpha value is -0.760. The van der Waals surface area contributed by atoms with Crippen LogP contribution in [0.15, 0.2) is 6.07 Å². The average Bonchev–Trinajstić information content (AvgIpc) is 2.42. The molecule has 1 heterocycles. The highest BCUT2D eigenvalue weighted by atomic mass is 15.0. The molecule has 0 fully saturated rings. The first kappa shape index (κ1) is 12.3. The minimum atomic E-state index is 0.545. The van der Waals surface area contributed by atoms with Crippen LogP contribution < -0.4 is 5.73 Å². The van der Waals surface area contributed by atoms with Crippen LogP contribution in [0.2, 0.25) is 0 Å². The molecule has 2 N–H and O–H groups in total. The topological polar surface area (TPSA) is 30.9 Å². The van der Waals surface area contributed by atoms with E-state index in [1.54, 1.807) is 0 Å². The van der Waals surface area contributed by atoms with Crippen LogP contribution in [0, 0.1) is 13.8 Å². The highest BCUT2D eigenvalue weighted by molar-refractivity contribution is 5.30. The van der Waals surface area contributed by atoms with Gasteiger partial charge in [-0.15, -0.1) is 0 Å². The van der Waals surface area contributed by atoms with Gasteiger partial charge in [0.1, 0.15) is 0 Å². The van der Waals surface area contributed by atoms with E-state index in [2.05, 4.69) is 45.3 Å². The maximum Gasteiger partial charge on any atom is 0.0279 e. The largest absolute Gasteiger partial charge is 0.346 e. The van der Waals surface area contributed by atoms with Crippen molar-refractivity contribution in [1.29, 1.82) is 0 Å². The first-order chi connectivity index (χ1) is 6.99. The predicted octanol–water partition coefficient (Wildman–Crippen LogP) is 3.14. The summed E-state index contributed by atoms with van der Waals surface area (Å²) in [6.07, 6.45) is 1.07. The predicted molar refractivity (Wildman–Crippen MR) is 66.4 cm³/mol. The lowest BCUT2D eigenvalue weighted by Gasteiger charge is -2.15. The fraction of sp³-hybridized carbons (Fsp3) is 0.692. The van der Waals surface area contributed by atoms with Crippen molar-refractivity contribution in [2.45, 2.75) is 53.0 Å². The fourth-order valence-corrected chi connectivity index (χ4v) is 2.50. The van der Waals surface area contributed by atoms with Gasteiger partial charge in [-0.2, -0.15) is 0 Å². The Labute approximate surface area is 93.5 Å². The van der Waals surface area contributed by atoms with Crippen molar-refractivity contribution < 1.29 is 0 Å². The number of hydrogen-bond acceptors (Lipinski definition) is 1. The molecule has 2 heteroatoms. The zero-order valence-electron chi connectivity index (χ0n) is 10.7. The van der Waals surface area contributed by atoms with Gasteiger partial charge >= 0.3 is 0 Å². The summed E-state index contributed by atoms with van der Waals surface area (Å²) in [6, 6.07) is 2.86. The molecule has 0 bridgehead atoms. The molecule has 0 amide bonds. The summed E-state index contributed by atoms with van der Waals surface area (Å²) in [6.45, 7) is 11.9. The van der Waals surface area contributed by atoms with Crippen molar-refractivity contribution >= 4 is 0 Å². The molecule has 1 atom stereocenters. The van der Waals surface area contributed by atoms with Gasteiger partial charge in [0.05, 0.1) is 0 Å². The molecule has 0 aromatic carbocycles. The van der Waals surface area contributed by atoms with E-state index in [9.17, 15) is 0 Å². The second-order valence-corrected chi connectivity index (χ2v) is 4.77. The van der Waals surface area contributed by atoms with Gasteiger partial charge in [-0.1, -0.05) is 6.92 Å². The molecule has 0 aliphatic rings. The Morgan fingerprint density at radius 2 is 1.87 bits per heavy atom. The normalized spacial score (nSPS) is 13.5. The van der Waals surface area contributed by atoms with Gasteiger partial charge in [-0.3, -0.25) is 0 Å². The SMILES string of the molecule is Cc1cc(C(C)CCN)c(C)n1C(C)C. The van der Waals surface area contributed by atoms with Gasteiger partial charge in [0.15, 0.2) is 0 Å². The van der Waals surface area contributed by atoms with E-state index in [1.165, 1.54) is 17.0 Å². The number of aromatic nitrogens is 1. The Morgan fingerprint density at radius 1 is 1.27 bits per heavy atom. The van der Waals surface area contributed by atoms with Crippen LogP contribution >= 0.6 is 0 Å². The average molecular weight is 208 g/mol. The zero-order valence-corrected chi connectivity index (χ0v) is 10.7. The number of nitrogens with zero attached hydrogens (tertiary/aromatic N) is 1. The lowest BCUT2D eigenvalue weighted by Crippen LogP contribution is -2.08. The van der Waals surface area contributed by atoms with Crippen LogP contribution in [0.5, 0.6) is 0 Å². The summed E-state index contributed by atoms with van der Waals surface area (Å²) in [5.41, 5.74) is 9.85. The van der Waals surface area contributed by atoms with E-state index in [4.69, 9.17) is 5.73 Å². The van der Waals surface area contributed by atoms with Crippen molar-refractivity contribution in [3.63, 3.8) is 0 Å². The van der Waals surface area contributed by atoms with Crippen molar-refractivity contribution in [3.05, 3.63) is 23.0 Å². The molecule has 86 valence electrons. The Morgan fingerprint density at radius 3 is 2.27 bits per heavy atom. The minimum absolute atomic E-state index is 0.545. The van der Waals surface area contributed by atoms with E-state index in [0.29, 0.717) is 12.0 Å². The van der Waals surface area contributed by atoms with Crippen molar-refractivity contribution in [2.75, 3.05) is 6.54 Å². The Balaban J connectivity index is 3.06. The third-order valence-corrected chi connectivity index (χ3v) is 3.17. The molecular weight excluding hydrogens is 184 g/mol. The Kier molecular flexibility index (Phi) is 3.97. The second-order valence-electron chi connectivity index (χ2n) is 4.77. The van der Waals surface area contributed by atoms with Gasteiger partial charge in [0.2, 0.25) is 0 Å². The molecule has 15 heavy (non-hydrogen) atoms. The lowest BCUT2D eigenvalue weighted by molar-refractivity contribution is 0.569. The zero-order chi connectivity index (χ0) is 11.6. The highest BCUT2D eigenvalue weighted by Crippen LogP contribution is 2.27. The van der Waals surface area contributed by atoms with E-state index < -0.39 is 0 Å². The van der Waals surface area contributed by atoms with Crippen LogP contribution in [-0.4, -0.2) is 11.1 Å². The maximum atomic E-state index is 5.61. The summed E-state index contributed by atoms with van der Waals surface area (Å²) in [4.78, 5) is 0. The molecule has 0 spiro atoms. The first-order valence-electron chi connectivity index (χ1n) is 5.87. The van der Waals surface area contributed by atoms with Crippen LogP contribution in [0.25, 0.3) is 0 Å². The van der Waals surface area contributed by atoms with Crippen molar-refractivity contribution in [1.82, 2.24) is 4.57 Å². The van der Waals surface area contributed by atoms with Crippen molar-refractivity contribution in [2.24, 2.45) is 5.73 Å². The van der Waals surface area contributed by atoms with E-state index >= 15 is 0 Å². The smallest absolute Gasteiger partial charge is 0.0279 e. The van der Waals surface area contributed by atoms with Crippen LogP contribution in [0.1, 0.15) is 56.1 Å². The molecule has 0 aliphatic heterocycles. The summed E-state index contributed by atoms with van der Waals surface area (Å²) in [5, 5.41) is 0. The van der Waals surface area contributed by atoms with Crippen LogP contribution in [0.4, 0.5) is 0 Å². The maximum absolute atomic E-state index is 5.61. The van der Waals surface area contributed by atoms with Gasteiger partial charge in [-0.05, 0) is 58.2 Å². The number of rotatable bonds is 4. The summed E-state index contributed by atoms with van der Waals surface area (Å²) in [5.74, 6) is 0.577. The van der Waals surface area contributed by atoms with E-state index in [1.807, 2.05) is 0 Å². The van der Waals surface area contributed by atoms with E-state index in [-0.39, 0.29) is 0 Å². The molecular formula is C13H24N2. The third kappa shape index (κ3) is 2.43. The van der Waals surface area contributed by atoms with Crippen molar-refractivity contribution in [3.8, 4) is 0 Å². The van der Waals surface area contributed by atoms with Crippen LogP contribution in [0.3, 0.4) is 0 Å². The third-order valence-electron chi connectivity index (χ3n) is 3.17. The van der Waals surface area contributed by atoms with Gasteiger partial charge in [-0.25, -0.2) is 0 Å². The molecule has 0 aliphatic carbocycles. The number of nitrogens with two attached hydrogens (primary N) is 1. The summed E-state index contributed by atoms with van der Waals surface area (Å²) < 4.78 is 2.41. The standard InChI is InChI=1S/C13H24N2/c1-9(2)15-11(4)8-13(12(15)5)10(3)6-7-14/h8-10H,6-7,14H2,1-5H3. The van der Waals surface area contributed by atoms with Gasteiger partial charge in [0, 0.05) is 17.4 Å². The lowest BCUT2D eigenvalue weighted by atomic mass is 9.98. The monoisotopic (exact) mass is 208 g/mol. The summed E-state index contributed by atoms with van der Waals surface area (Å²) >= 11 is 0. The summed E-state index contributed by atoms with van der Waals surface area (Å²) in [7, 11) is 0. The second kappa shape index (κ2) is 4.84. The molecule has 0 saturated carbocycles. The number of aryl methyl sites for hydroxylation is 1. The fourth-order valence-electron chi connectivity index (χ4n) is 2.50. The molecule has 1 unspecified atom stereocenters. The molecule has 1 aromatic rings. The molecule has 1 aromatic heterocycles. The van der Waals surface area contributed by atoms with E-state index in [0.717, 1.165) is 13.0 Å². The Bertz CT molecular complexity index is 324. The number of hydrogen-bond donors (Lipinski definition) is 1. The van der Waals surface area contributed by atoms with Crippen LogP contribution in [-0.2, 0) is 0 Å². The molecule has 2 nitrogen and oxygen atoms in total. The first-order valence-corrected chi connectivity index (χ1v) is 5.87. The molecule has 1 rings (SSSR count). The highest BCUT2D eigenvalue weighted by Gasteiger charge is 2.15. The van der Waals surface area contributed by atoms with Gasteiger partial charge < -0.3 is 10.3 Å². The quantitative estimate of drug-likeness (QED) is 0.809.